The molecular weight excluding hydrogens is 324 g/mol. The van der Waals surface area contributed by atoms with E-state index < -0.39 is 0 Å². The lowest BCUT2D eigenvalue weighted by atomic mass is 10.1. The van der Waals surface area contributed by atoms with Crippen molar-refractivity contribution in [3.63, 3.8) is 0 Å². The summed E-state index contributed by atoms with van der Waals surface area (Å²) >= 11 is 1.34. The van der Waals surface area contributed by atoms with E-state index in [1.165, 1.54) is 11.3 Å². The Morgan fingerprint density at radius 3 is 2.62 bits per heavy atom. The number of hydrogen-bond donors (Lipinski definition) is 2. The summed E-state index contributed by atoms with van der Waals surface area (Å²) in [7, 11) is 0. The molecule has 0 bridgehead atoms. The monoisotopic (exact) mass is 338 g/mol. The molecule has 0 aliphatic heterocycles. The Hall–Kier alpha value is -3.11. The number of nitriles is 1. The maximum Gasteiger partial charge on any atom is 0.280 e. The van der Waals surface area contributed by atoms with Crippen LogP contribution in [-0.4, -0.2) is 10.9 Å². The summed E-state index contributed by atoms with van der Waals surface area (Å²) in [5.41, 5.74) is 8.00. The van der Waals surface area contributed by atoms with E-state index in [9.17, 15) is 10.1 Å². The van der Waals surface area contributed by atoms with Crippen molar-refractivity contribution < 1.29 is 9.21 Å². The van der Waals surface area contributed by atoms with Crippen molar-refractivity contribution in [2.24, 2.45) is 0 Å². The SMILES string of the molecule is Cc1ccc(-c2nc(C#N)c(NNC(=O)c3sccc3C)o2)cc1. The molecule has 0 saturated heterocycles. The highest BCUT2D eigenvalue weighted by Gasteiger charge is 2.16. The molecule has 2 N–H and O–H groups in total. The zero-order valence-corrected chi connectivity index (χ0v) is 13.9. The molecule has 120 valence electrons. The molecule has 0 aliphatic carbocycles. The van der Waals surface area contributed by atoms with Gasteiger partial charge < -0.3 is 4.42 Å². The number of carbonyl (C=O) groups excluding carboxylic acids is 1. The summed E-state index contributed by atoms with van der Waals surface area (Å²) < 4.78 is 5.57. The van der Waals surface area contributed by atoms with E-state index in [2.05, 4.69) is 15.8 Å². The van der Waals surface area contributed by atoms with E-state index in [4.69, 9.17) is 4.42 Å². The molecule has 3 aromatic rings. The topological polar surface area (TPSA) is 91.0 Å². The first kappa shape index (κ1) is 15.8. The number of hydrogen-bond acceptors (Lipinski definition) is 6. The first-order valence-electron chi connectivity index (χ1n) is 7.17. The van der Waals surface area contributed by atoms with Crippen molar-refractivity contribution in [2.75, 3.05) is 5.43 Å². The Balaban J connectivity index is 1.79. The van der Waals surface area contributed by atoms with Gasteiger partial charge in [-0.25, -0.2) is 0 Å². The Labute approximate surface area is 142 Å². The minimum atomic E-state index is -0.292. The van der Waals surface area contributed by atoms with Crippen LogP contribution in [0.25, 0.3) is 11.5 Å². The highest BCUT2D eigenvalue weighted by atomic mass is 32.1. The fraction of sp³-hybridized carbons (Fsp3) is 0.118. The van der Waals surface area contributed by atoms with Crippen LogP contribution in [0.5, 0.6) is 0 Å². The molecule has 0 atom stereocenters. The average Bonchev–Trinajstić information content (AvgIpc) is 3.19. The number of anilines is 1. The molecule has 0 aliphatic rings. The number of benzene rings is 1. The lowest BCUT2D eigenvalue weighted by Gasteiger charge is -2.05. The minimum Gasteiger partial charge on any atom is -0.417 e. The second-order valence-corrected chi connectivity index (χ2v) is 6.10. The van der Waals surface area contributed by atoms with Crippen molar-refractivity contribution >= 4 is 23.1 Å². The number of aryl methyl sites for hydroxylation is 2. The van der Waals surface area contributed by atoms with E-state index >= 15 is 0 Å². The summed E-state index contributed by atoms with van der Waals surface area (Å²) in [5, 5.41) is 11.0. The fourth-order valence-electron chi connectivity index (χ4n) is 2.08. The van der Waals surface area contributed by atoms with E-state index in [1.807, 2.05) is 55.6 Å². The number of nitrogens with zero attached hydrogens (tertiary/aromatic N) is 2. The van der Waals surface area contributed by atoms with Gasteiger partial charge in [-0.2, -0.15) is 10.2 Å². The van der Waals surface area contributed by atoms with Crippen molar-refractivity contribution in [3.05, 3.63) is 57.4 Å². The van der Waals surface area contributed by atoms with Gasteiger partial charge in [0.2, 0.25) is 11.6 Å². The number of nitrogens with one attached hydrogen (secondary N) is 2. The normalized spacial score (nSPS) is 10.2. The van der Waals surface area contributed by atoms with Crippen LogP contribution in [0, 0.1) is 25.2 Å². The van der Waals surface area contributed by atoms with Crippen molar-refractivity contribution in [3.8, 4) is 17.5 Å². The van der Waals surface area contributed by atoms with Gasteiger partial charge in [-0.05, 0) is 43.0 Å². The van der Waals surface area contributed by atoms with E-state index in [0.717, 1.165) is 16.7 Å². The number of oxazole rings is 1. The molecule has 0 unspecified atom stereocenters. The van der Waals surface area contributed by atoms with Gasteiger partial charge in [-0.3, -0.25) is 15.6 Å². The van der Waals surface area contributed by atoms with Gasteiger partial charge in [0.15, 0.2) is 0 Å². The Bertz CT molecular complexity index is 919. The summed E-state index contributed by atoms with van der Waals surface area (Å²) in [6, 6.07) is 11.4. The van der Waals surface area contributed by atoms with Crippen LogP contribution >= 0.6 is 11.3 Å². The summed E-state index contributed by atoms with van der Waals surface area (Å²) in [6.07, 6.45) is 0. The lowest BCUT2D eigenvalue weighted by Crippen LogP contribution is -2.29. The van der Waals surface area contributed by atoms with E-state index in [-0.39, 0.29) is 17.5 Å². The van der Waals surface area contributed by atoms with Crippen LogP contribution in [0.3, 0.4) is 0 Å². The van der Waals surface area contributed by atoms with Gasteiger partial charge in [0.25, 0.3) is 11.8 Å². The van der Waals surface area contributed by atoms with Crippen LogP contribution < -0.4 is 10.9 Å². The first-order chi connectivity index (χ1) is 11.6. The van der Waals surface area contributed by atoms with Gasteiger partial charge in [-0.1, -0.05) is 17.7 Å². The molecular formula is C17H14N4O2S. The standard InChI is InChI=1S/C17H14N4O2S/c1-10-3-5-12(6-4-10)16-19-13(9-18)17(23-16)21-20-15(22)14-11(2)7-8-24-14/h3-8,21H,1-2H3,(H,20,22). The van der Waals surface area contributed by atoms with Crippen LogP contribution in [0.1, 0.15) is 26.5 Å². The molecule has 7 heteroatoms. The second kappa shape index (κ2) is 6.56. The van der Waals surface area contributed by atoms with Crippen molar-refractivity contribution in [1.82, 2.24) is 10.4 Å². The van der Waals surface area contributed by atoms with Crippen molar-refractivity contribution in [1.29, 1.82) is 5.26 Å². The molecule has 0 fully saturated rings. The third kappa shape index (κ3) is 3.14. The zero-order chi connectivity index (χ0) is 17.1. The zero-order valence-electron chi connectivity index (χ0n) is 13.1. The maximum absolute atomic E-state index is 12.1. The Kier molecular flexibility index (Phi) is 4.31. The molecule has 0 spiro atoms. The van der Waals surface area contributed by atoms with Crippen molar-refractivity contribution in [2.45, 2.75) is 13.8 Å². The predicted octanol–water partition coefficient (Wildman–Crippen LogP) is 3.65. The number of carbonyl (C=O) groups is 1. The van der Waals surface area contributed by atoms with Gasteiger partial charge in [0.05, 0.1) is 4.88 Å². The Morgan fingerprint density at radius 2 is 2.00 bits per heavy atom. The number of amides is 1. The van der Waals surface area contributed by atoms with Gasteiger partial charge in [0.1, 0.15) is 6.07 Å². The minimum absolute atomic E-state index is 0.0776. The third-order valence-electron chi connectivity index (χ3n) is 3.39. The van der Waals surface area contributed by atoms with E-state index in [1.54, 1.807) is 0 Å². The van der Waals surface area contributed by atoms with Gasteiger partial charge in [0, 0.05) is 5.56 Å². The van der Waals surface area contributed by atoms with Gasteiger partial charge in [-0.15, -0.1) is 11.3 Å². The quantitative estimate of drug-likeness (QED) is 0.709. The van der Waals surface area contributed by atoms with Gasteiger partial charge >= 0.3 is 0 Å². The average molecular weight is 338 g/mol. The second-order valence-electron chi connectivity index (χ2n) is 5.19. The van der Waals surface area contributed by atoms with E-state index in [0.29, 0.717) is 10.8 Å². The number of aromatic nitrogens is 1. The molecule has 3 rings (SSSR count). The molecule has 0 saturated carbocycles. The predicted molar refractivity (Wildman–Crippen MR) is 91.5 cm³/mol. The number of hydrazine groups is 1. The molecule has 0 radical (unpaired) electrons. The van der Waals surface area contributed by atoms with Crippen LogP contribution in [-0.2, 0) is 0 Å². The molecule has 6 nitrogen and oxygen atoms in total. The third-order valence-corrected chi connectivity index (χ3v) is 4.40. The molecule has 24 heavy (non-hydrogen) atoms. The molecule has 1 aromatic carbocycles. The van der Waals surface area contributed by atoms with Crippen LogP contribution in [0.15, 0.2) is 40.1 Å². The molecule has 2 heterocycles. The summed E-state index contributed by atoms with van der Waals surface area (Å²) in [6.45, 7) is 3.84. The number of thiophene rings is 1. The highest BCUT2D eigenvalue weighted by molar-refractivity contribution is 7.12. The smallest absolute Gasteiger partial charge is 0.280 e. The molecule has 1 amide bonds. The van der Waals surface area contributed by atoms with Crippen LogP contribution in [0.2, 0.25) is 0 Å². The highest BCUT2D eigenvalue weighted by Crippen LogP contribution is 2.25. The summed E-state index contributed by atoms with van der Waals surface area (Å²) in [4.78, 5) is 16.9. The maximum atomic E-state index is 12.1. The Morgan fingerprint density at radius 1 is 1.25 bits per heavy atom. The fourth-order valence-corrected chi connectivity index (χ4v) is 2.90. The largest absolute Gasteiger partial charge is 0.417 e. The number of rotatable bonds is 4. The summed E-state index contributed by atoms with van der Waals surface area (Å²) in [5.74, 6) is 0.130. The molecule has 2 aromatic heterocycles. The first-order valence-corrected chi connectivity index (χ1v) is 8.05. The lowest BCUT2D eigenvalue weighted by molar-refractivity contribution is 0.0965. The van der Waals surface area contributed by atoms with Crippen LogP contribution in [0.4, 0.5) is 5.88 Å².